The van der Waals surface area contributed by atoms with Gasteiger partial charge in [-0.25, -0.2) is 4.79 Å². The minimum Gasteiger partial charge on any atom is -0.335 e. The molecule has 92 valence electrons. The largest absolute Gasteiger partial charge is 0.335 e. The van der Waals surface area contributed by atoms with Gasteiger partial charge in [0.25, 0.3) is 5.69 Å². The smallest absolute Gasteiger partial charge is 0.319 e. The van der Waals surface area contributed by atoms with E-state index in [0.29, 0.717) is 5.69 Å². The third-order valence-corrected chi connectivity index (χ3v) is 2.30. The number of nitrogens with one attached hydrogen (secondary N) is 2. The van der Waals surface area contributed by atoms with Gasteiger partial charge in [-0.15, -0.1) is 0 Å². The van der Waals surface area contributed by atoms with Crippen molar-refractivity contribution in [2.75, 3.05) is 5.32 Å². The van der Waals surface area contributed by atoms with Gasteiger partial charge in [0, 0.05) is 23.9 Å². The average molecular weight is 237 g/mol. The molecule has 1 atom stereocenters. The molecule has 2 amide bonds. The van der Waals surface area contributed by atoms with Gasteiger partial charge >= 0.3 is 6.03 Å². The number of nitrogens with zero attached hydrogens (tertiary/aromatic N) is 1. The van der Waals surface area contributed by atoms with Gasteiger partial charge in [0.15, 0.2) is 0 Å². The molecule has 0 aliphatic rings. The maximum Gasteiger partial charge on any atom is 0.319 e. The number of nitro benzene ring substituents is 1. The van der Waals surface area contributed by atoms with E-state index < -0.39 is 4.92 Å². The predicted octanol–water partition coefficient (Wildman–Crippen LogP) is 2.51. The van der Waals surface area contributed by atoms with Crippen LogP contribution in [0.1, 0.15) is 20.3 Å². The first-order chi connectivity index (χ1) is 8.02. The van der Waals surface area contributed by atoms with Gasteiger partial charge in [-0.05, 0) is 19.4 Å². The second kappa shape index (κ2) is 5.83. The molecule has 1 aromatic carbocycles. The topological polar surface area (TPSA) is 84.3 Å². The lowest BCUT2D eigenvalue weighted by Crippen LogP contribution is -2.35. The van der Waals surface area contributed by atoms with Crippen LogP contribution in [0.4, 0.5) is 16.2 Å². The SMILES string of the molecule is CCC(C)NC(=O)Nc1cccc([N+](=O)[O-])c1. The molecule has 1 unspecified atom stereocenters. The summed E-state index contributed by atoms with van der Waals surface area (Å²) >= 11 is 0. The standard InChI is InChI=1S/C11H15N3O3/c1-3-8(2)12-11(15)13-9-5-4-6-10(7-9)14(16)17/h4-8H,3H2,1-2H3,(H2,12,13,15). The Labute approximate surface area is 99.2 Å². The zero-order valence-corrected chi connectivity index (χ0v) is 9.77. The normalized spacial score (nSPS) is 11.6. The van der Waals surface area contributed by atoms with E-state index in [1.807, 2.05) is 13.8 Å². The Balaban J connectivity index is 2.65. The van der Waals surface area contributed by atoms with E-state index >= 15 is 0 Å². The molecule has 0 saturated heterocycles. The van der Waals surface area contributed by atoms with Gasteiger partial charge in [0.1, 0.15) is 0 Å². The molecule has 0 heterocycles. The highest BCUT2D eigenvalue weighted by molar-refractivity contribution is 5.89. The van der Waals surface area contributed by atoms with Gasteiger partial charge in [-0.2, -0.15) is 0 Å². The zero-order chi connectivity index (χ0) is 12.8. The van der Waals surface area contributed by atoms with Crippen molar-refractivity contribution in [3.63, 3.8) is 0 Å². The van der Waals surface area contributed by atoms with Gasteiger partial charge in [-0.3, -0.25) is 10.1 Å². The number of hydrogen-bond donors (Lipinski definition) is 2. The van der Waals surface area contributed by atoms with E-state index in [-0.39, 0.29) is 17.8 Å². The van der Waals surface area contributed by atoms with Crippen LogP contribution in [0.5, 0.6) is 0 Å². The molecule has 0 aliphatic carbocycles. The number of non-ortho nitro benzene ring substituents is 1. The maximum atomic E-state index is 11.5. The fourth-order valence-electron chi connectivity index (χ4n) is 1.19. The van der Waals surface area contributed by atoms with E-state index in [0.717, 1.165) is 6.42 Å². The van der Waals surface area contributed by atoms with E-state index in [9.17, 15) is 14.9 Å². The molecule has 17 heavy (non-hydrogen) atoms. The van der Waals surface area contributed by atoms with Crippen LogP contribution in [0.3, 0.4) is 0 Å². The van der Waals surface area contributed by atoms with Crippen molar-refractivity contribution in [3.05, 3.63) is 34.4 Å². The summed E-state index contributed by atoms with van der Waals surface area (Å²) in [5, 5.41) is 15.8. The summed E-state index contributed by atoms with van der Waals surface area (Å²) in [6.07, 6.45) is 0.822. The lowest BCUT2D eigenvalue weighted by molar-refractivity contribution is -0.384. The number of carbonyl (C=O) groups excluding carboxylic acids is 1. The van der Waals surface area contributed by atoms with Gasteiger partial charge in [0.2, 0.25) is 0 Å². The summed E-state index contributed by atoms with van der Waals surface area (Å²) in [5.74, 6) is 0. The molecular weight excluding hydrogens is 222 g/mol. The quantitative estimate of drug-likeness (QED) is 0.623. The van der Waals surface area contributed by atoms with Crippen molar-refractivity contribution >= 4 is 17.4 Å². The molecule has 0 aromatic heterocycles. The minimum absolute atomic E-state index is 0.0497. The second-order valence-electron chi connectivity index (χ2n) is 3.72. The van der Waals surface area contributed by atoms with Gasteiger partial charge in [0.05, 0.1) is 4.92 Å². The number of amides is 2. The fraction of sp³-hybridized carbons (Fsp3) is 0.364. The summed E-state index contributed by atoms with van der Waals surface area (Å²) in [6.45, 7) is 3.84. The molecule has 6 nitrogen and oxygen atoms in total. The lowest BCUT2D eigenvalue weighted by Gasteiger charge is -2.12. The molecule has 6 heteroatoms. The highest BCUT2D eigenvalue weighted by Crippen LogP contribution is 2.16. The molecule has 0 bridgehead atoms. The number of anilines is 1. The Kier molecular flexibility index (Phi) is 4.45. The van der Waals surface area contributed by atoms with Crippen LogP contribution in [0.15, 0.2) is 24.3 Å². The Morgan fingerprint density at radius 1 is 1.53 bits per heavy atom. The van der Waals surface area contributed by atoms with Crippen LogP contribution in [-0.2, 0) is 0 Å². The highest BCUT2D eigenvalue weighted by Gasteiger charge is 2.09. The first-order valence-electron chi connectivity index (χ1n) is 5.35. The summed E-state index contributed by atoms with van der Waals surface area (Å²) in [5.41, 5.74) is 0.353. The number of rotatable bonds is 4. The van der Waals surface area contributed by atoms with Gasteiger partial charge < -0.3 is 10.6 Å². The molecule has 0 fully saturated rings. The fourth-order valence-corrected chi connectivity index (χ4v) is 1.19. The van der Waals surface area contributed by atoms with E-state index in [1.54, 1.807) is 6.07 Å². The predicted molar refractivity (Wildman–Crippen MR) is 65.0 cm³/mol. The van der Waals surface area contributed by atoms with Crippen LogP contribution in [0.25, 0.3) is 0 Å². The van der Waals surface area contributed by atoms with Crippen LogP contribution in [0, 0.1) is 10.1 Å². The molecule has 1 rings (SSSR count). The van der Waals surface area contributed by atoms with Crippen molar-refractivity contribution in [3.8, 4) is 0 Å². The van der Waals surface area contributed by atoms with Crippen molar-refractivity contribution in [2.24, 2.45) is 0 Å². The monoisotopic (exact) mass is 237 g/mol. The van der Waals surface area contributed by atoms with Gasteiger partial charge in [-0.1, -0.05) is 13.0 Å². The summed E-state index contributed by atoms with van der Waals surface area (Å²) in [6, 6.07) is 5.52. The van der Waals surface area contributed by atoms with E-state index in [2.05, 4.69) is 10.6 Å². The molecular formula is C11H15N3O3. The third-order valence-electron chi connectivity index (χ3n) is 2.30. The summed E-state index contributed by atoms with van der Waals surface area (Å²) in [4.78, 5) is 21.5. The molecule has 2 N–H and O–H groups in total. The van der Waals surface area contributed by atoms with Crippen molar-refractivity contribution in [2.45, 2.75) is 26.3 Å². The van der Waals surface area contributed by atoms with Crippen LogP contribution in [-0.4, -0.2) is 17.0 Å². The average Bonchev–Trinajstić information content (AvgIpc) is 2.28. The molecule has 0 saturated carbocycles. The first kappa shape index (κ1) is 13.0. The second-order valence-corrected chi connectivity index (χ2v) is 3.72. The van der Waals surface area contributed by atoms with Crippen LogP contribution < -0.4 is 10.6 Å². The molecule has 0 radical (unpaired) electrons. The van der Waals surface area contributed by atoms with Crippen molar-refractivity contribution in [1.82, 2.24) is 5.32 Å². The number of benzene rings is 1. The summed E-state index contributed by atoms with van der Waals surface area (Å²) < 4.78 is 0. The zero-order valence-electron chi connectivity index (χ0n) is 9.77. The van der Waals surface area contributed by atoms with Crippen LogP contribution in [0.2, 0.25) is 0 Å². The molecule has 0 aliphatic heterocycles. The Morgan fingerprint density at radius 2 is 2.24 bits per heavy atom. The Hall–Kier alpha value is -2.11. The summed E-state index contributed by atoms with van der Waals surface area (Å²) in [7, 11) is 0. The van der Waals surface area contributed by atoms with E-state index in [1.165, 1.54) is 18.2 Å². The Morgan fingerprint density at radius 3 is 2.82 bits per heavy atom. The number of urea groups is 1. The molecule has 0 spiro atoms. The Bertz CT molecular complexity index is 420. The van der Waals surface area contributed by atoms with Crippen LogP contribution >= 0.6 is 0 Å². The van der Waals surface area contributed by atoms with E-state index in [4.69, 9.17) is 0 Å². The molecule has 1 aromatic rings. The maximum absolute atomic E-state index is 11.5. The van der Waals surface area contributed by atoms with Crippen molar-refractivity contribution in [1.29, 1.82) is 0 Å². The highest BCUT2D eigenvalue weighted by atomic mass is 16.6. The van der Waals surface area contributed by atoms with Crippen molar-refractivity contribution < 1.29 is 9.72 Å². The number of nitro groups is 1. The lowest BCUT2D eigenvalue weighted by atomic mass is 10.2. The third kappa shape index (κ3) is 4.10. The minimum atomic E-state index is -0.502. The first-order valence-corrected chi connectivity index (χ1v) is 5.35. The number of carbonyl (C=O) groups is 1. The number of hydrogen-bond acceptors (Lipinski definition) is 3.